The molecule has 0 unspecified atom stereocenters. The van der Waals surface area contributed by atoms with E-state index in [1.165, 1.54) is 17.5 Å². The van der Waals surface area contributed by atoms with Crippen LogP contribution in [0.25, 0.3) is 0 Å². The second-order valence-electron chi connectivity index (χ2n) is 3.85. The largest absolute Gasteiger partial charge is 0.495 e. The van der Waals surface area contributed by atoms with Gasteiger partial charge in [-0.2, -0.15) is 0 Å². The van der Waals surface area contributed by atoms with E-state index in [1.54, 1.807) is 7.11 Å². The van der Waals surface area contributed by atoms with Gasteiger partial charge in [0.25, 0.3) is 0 Å². The molecule has 0 bridgehead atoms. The third-order valence-corrected chi connectivity index (χ3v) is 3.79. The molecule has 0 amide bonds. The predicted molar refractivity (Wildman–Crippen MR) is 63.5 cm³/mol. The molecule has 0 fully saturated rings. The second kappa shape index (κ2) is 4.54. The van der Waals surface area contributed by atoms with E-state index >= 15 is 0 Å². The Balaban J connectivity index is 2.51. The Bertz CT molecular complexity index is 374. The molecule has 1 aromatic carbocycles. The lowest BCUT2D eigenvalue weighted by Gasteiger charge is -2.13. The normalized spacial score (nSPS) is 14.1. The summed E-state index contributed by atoms with van der Waals surface area (Å²) in [7, 11) is 1.68. The molecule has 1 aliphatic carbocycles. The van der Waals surface area contributed by atoms with Crippen molar-refractivity contribution in [3.05, 3.63) is 27.2 Å². The number of rotatable bonds is 3. The summed E-state index contributed by atoms with van der Waals surface area (Å²) in [4.78, 5) is 0. The molecule has 0 spiro atoms. The SMILES string of the molecule is COc1c(CCO)cc2c(c1Br)CCC2. The highest BCUT2D eigenvalue weighted by Crippen LogP contribution is 2.39. The lowest BCUT2D eigenvalue weighted by atomic mass is 10.0. The Labute approximate surface area is 98.4 Å². The van der Waals surface area contributed by atoms with E-state index in [0.29, 0.717) is 6.42 Å². The first-order valence-corrected chi connectivity index (χ1v) is 6.05. The first kappa shape index (κ1) is 11.0. The number of hydrogen-bond donors (Lipinski definition) is 1. The molecule has 15 heavy (non-hydrogen) atoms. The molecule has 0 aromatic heterocycles. The van der Waals surface area contributed by atoms with E-state index in [4.69, 9.17) is 9.84 Å². The molecule has 0 heterocycles. The molecule has 0 saturated carbocycles. The number of aryl methyl sites for hydroxylation is 1. The van der Waals surface area contributed by atoms with Crippen molar-refractivity contribution in [2.24, 2.45) is 0 Å². The van der Waals surface area contributed by atoms with Crippen molar-refractivity contribution in [3.63, 3.8) is 0 Å². The van der Waals surface area contributed by atoms with Gasteiger partial charge in [-0.05, 0) is 58.3 Å². The molecular formula is C12H15BrO2. The van der Waals surface area contributed by atoms with Gasteiger partial charge in [0.1, 0.15) is 5.75 Å². The molecule has 3 heteroatoms. The molecule has 1 aromatic rings. The number of fused-ring (bicyclic) bond motifs is 1. The highest BCUT2D eigenvalue weighted by molar-refractivity contribution is 9.10. The standard InChI is InChI=1S/C12H15BrO2/c1-15-12-9(5-6-14)7-8-3-2-4-10(8)11(12)13/h7,14H,2-6H2,1H3. The van der Waals surface area contributed by atoms with E-state index in [9.17, 15) is 0 Å². The van der Waals surface area contributed by atoms with Crippen molar-refractivity contribution >= 4 is 15.9 Å². The summed E-state index contributed by atoms with van der Waals surface area (Å²) in [6.07, 6.45) is 4.16. The van der Waals surface area contributed by atoms with E-state index < -0.39 is 0 Å². The van der Waals surface area contributed by atoms with Crippen LogP contribution in [0.2, 0.25) is 0 Å². The molecule has 0 aliphatic heterocycles. The predicted octanol–water partition coefficient (Wildman–Crippen LogP) is 2.48. The van der Waals surface area contributed by atoms with Gasteiger partial charge >= 0.3 is 0 Å². The zero-order chi connectivity index (χ0) is 10.8. The minimum Gasteiger partial charge on any atom is -0.495 e. The van der Waals surface area contributed by atoms with Gasteiger partial charge in [0.15, 0.2) is 0 Å². The summed E-state index contributed by atoms with van der Waals surface area (Å²) >= 11 is 3.61. The van der Waals surface area contributed by atoms with Gasteiger partial charge in [-0.15, -0.1) is 0 Å². The van der Waals surface area contributed by atoms with Gasteiger partial charge < -0.3 is 9.84 Å². The average molecular weight is 271 g/mol. The third-order valence-electron chi connectivity index (χ3n) is 2.95. The minimum atomic E-state index is 0.168. The topological polar surface area (TPSA) is 29.5 Å². The van der Waals surface area contributed by atoms with Crippen molar-refractivity contribution < 1.29 is 9.84 Å². The van der Waals surface area contributed by atoms with Crippen LogP contribution in [-0.4, -0.2) is 18.8 Å². The maximum atomic E-state index is 9.01. The molecule has 2 rings (SSSR count). The van der Waals surface area contributed by atoms with E-state index in [1.807, 2.05) is 0 Å². The number of methoxy groups -OCH3 is 1. The van der Waals surface area contributed by atoms with Crippen molar-refractivity contribution in [1.29, 1.82) is 0 Å². The highest BCUT2D eigenvalue weighted by atomic mass is 79.9. The maximum Gasteiger partial charge on any atom is 0.136 e. The van der Waals surface area contributed by atoms with Crippen LogP contribution in [0, 0.1) is 0 Å². The fourth-order valence-corrected chi connectivity index (χ4v) is 3.13. The summed E-state index contributed by atoms with van der Waals surface area (Å²) in [6, 6.07) is 2.18. The molecule has 1 N–H and O–H groups in total. The molecule has 0 saturated heterocycles. The number of hydrogen-bond acceptors (Lipinski definition) is 2. The van der Waals surface area contributed by atoms with E-state index in [2.05, 4.69) is 22.0 Å². The Morgan fingerprint density at radius 3 is 2.93 bits per heavy atom. The lowest BCUT2D eigenvalue weighted by molar-refractivity contribution is 0.296. The number of ether oxygens (including phenoxy) is 1. The first-order chi connectivity index (χ1) is 7.27. The molecule has 0 atom stereocenters. The Morgan fingerprint density at radius 2 is 2.27 bits per heavy atom. The zero-order valence-corrected chi connectivity index (χ0v) is 10.4. The van der Waals surface area contributed by atoms with Crippen molar-refractivity contribution in [1.82, 2.24) is 0 Å². The van der Waals surface area contributed by atoms with Crippen LogP contribution in [0.5, 0.6) is 5.75 Å². The number of aliphatic hydroxyl groups excluding tert-OH is 1. The summed E-state index contributed by atoms with van der Waals surface area (Å²) in [6.45, 7) is 0.168. The first-order valence-electron chi connectivity index (χ1n) is 5.26. The Morgan fingerprint density at radius 1 is 1.47 bits per heavy atom. The number of benzene rings is 1. The van der Waals surface area contributed by atoms with E-state index in [0.717, 1.165) is 28.6 Å². The summed E-state index contributed by atoms with van der Waals surface area (Å²) in [5.74, 6) is 0.893. The van der Waals surface area contributed by atoms with Gasteiger partial charge in [0, 0.05) is 6.61 Å². The van der Waals surface area contributed by atoms with Gasteiger partial charge in [-0.25, -0.2) is 0 Å². The van der Waals surface area contributed by atoms with Gasteiger partial charge in [0.2, 0.25) is 0 Å². The average Bonchev–Trinajstić information content (AvgIpc) is 2.67. The van der Waals surface area contributed by atoms with Crippen LogP contribution in [0.3, 0.4) is 0 Å². The quantitative estimate of drug-likeness (QED) is 0.915. The number of aliphatic hydroxyl groups is 1. The highest BCUT2D eigenvalue weighted by Gasteiger charge is 2.20. The Kier molecular flexibility index (Phi) is 3.32. The molecule has 1 aliphatic rings. The fraction of sp³-hybridized carbons (Fsp3) is 0.500. The van der Waals surface area contributed by atoms with Crippen molar-refractivity contribution in [2.45, 2.75) is 25.7 Å². The van der Waals surface area contributed by atoms with Crippen LogP contribution in [-0.2, 0) is 19.3 Å². The van der Waals surface area contributed by atoms with Crippen molar-refractivity contribution in [2.75, 3.05) is 13.7 Å². The summed E-state index contributed by atoms with van der Waals surface area (Å²) in [5.41, 5.74) is 3.90. The smallest absolute Gasteiger partial charge is 0.136 e. The van der Waals surface area contributed by atoms with Crippen LogP contribution in [0.1, 0.15) is 23.1 Å². The van der Waals surface area contributed by atoms with E-state index in [-0.39, 0.29) is 6.61 Å². The van der Waals surface area contributed by atoms with Crippen LogP contribution in [0.4, 0.5) is 0 Å². The van der Waals surface area contributed by atoms with Gasteiger partial charge in [-0.3, -0.25) is 0 Å². The van der Waals surface area contributed by atoms with Crippen LogP contribution >= 0.6 is 15.9 Å². The zero-order valence-electron chi connectivity index (χ0n) is 8.85. The van der Waals surface area contributed by atoms with Crippen LogP contribution < -0.4 is 4.74 Å². The second-order valence-corrected chi connectivity index (χ2v) is 4.64. The fourth-order valence-electron chi connectivity index (χ4n) is 2.26. The van der Waals surface area contributed by atoms with Gasteiger partial charge in [0.05, 0.1) is 11.6 Å². The van der Waals surface area contributed by atoms with Crippen LogP contribution in [0.15, 0.2) is 10.5 Å². The van der Waals surface area contributed by atoms with Gasteiger partial charge in [-0.1, -0.05) is 6.07 Å². The Hall–Kier alpha value is -0.540. The molecular weight excluding hydrogens is 256 g/mol. The number of halogens is 1. The monoisotopic (exact) mass is 270 g/mol. The maximum absolute atomic E-state index is 9.01. The molecule has 82 valence electrons. The summed E-state index contributed by atoms with van der Waals surface area (Å²) < 4.78 is 6.48. The molecule has 2 nitrogen and oxygen atoms in total. The minimum absolute atomic E-state index is 0.168. The summed E-state index contributed by atoms with van der Waals surface area (Å²) in [5, 5.41) is 9.01. The van der Waals surface area contributed by atoms with Crippen molar-refractivity contribution in [3.8, 4) is 5.75 Å². The lowest BCUT2D eigenvalue weighted by Crippen LogP contribution is -2.00. The molecule has 0 radical (unpaired) electrons. The third kappa shape index (κ3) is 1.91.